The van der Waals surface area contributed by atoms with E-state index in [0.717, 1.165) is 85.9 Å². The van der Waals surface area contributed by atoms with Crippen LogP contribution in [0, 0.1) is 22.7 Å². The van der Waals surface area contributed by atoms with Crippen LogP contribution in [0.2, 0.25) is 0 Å². The summed E-state index contributed by atoms with van der Waals surface area (Å²) in [5, 5.41) is 19.0. The molecule has 1 aromatic carbocycles. The molecule has 0 radical (unpaired) electrons. The molecule has 1 rings (SSSR count). The van der Waals surface area contributed by atoms with E-state index in [9.17, 15) is 15.3 Å². The lowest BCUT2D eigenvalue weighted by atomic mass is 10.0. The molecule has 0 bridgehead atoms. The van der Waals surface area contributed by atoms with Crippen LogP contribution in [0.4, 0.5) is 0 Å². The third kappa shape index (κ3) is 14.6. The molecule has 0 aliphatic heterocycles. The molecular formula is C32H42N2O3. The lowest BCUT2D eigenvalue weighted by Gasteiger charge is -2.07. The maximum absolute atomic E-state index is 10.4. The van der Waals surface area contributed by atoms with Crippen LogP contribution >= 0.6 is 0 Å². The lowest BCUT2D eigenvalue weighted by Crippen LogP contribution is -1.91. The third-order valence-corrected chi connectivity index (χ3v) is 6.18. The van der Waals surface area contributed by atoms with E-state index < -0.39 is 0 Å². The molecule has 0 aromatic heterocycles. The summed E-state index contributed by atoms with van der Waals surface area (Å²) in [5.41, 5.74) is 5.25. The van der Waals surface area contributed by atoms with Crippen LogP contribution in [0.25, 0.3) is 0 Å². The van der Waals surface area contributed by atoms with Gasteiger partial charge in [0.15, 0.2) is 0 Å². The summed E-state index contributed by atoms with van der Waals surface area (Å²) >= 11 is 0. The van der Waals surface area contributed by atoms with Crippen molar-refractivity contribution in [2.75, 3.05) is 14.2 Å². The van der Waals surface area contributed by atoms with E-state index >= 15 is 0 Å². The van der Waals surface area contributed by atoms with Crippen LogP contribution in [0.1, 0.15) is 83.6 Å². The second kappa shape index (κ2) is 19.6. The highest BCUT2D eigenvalue weighted by molar-refractivity contribution is 5.48. The van der Waals surface area contributed by atoms with Gasteiger partial charge in [-0.25, -0.2) is 0 Å². The molecule has 0 heterocycles. The number of nitrogens with zero attached hydrogens (tertiary/aromatic N) is 2. The average molecular weight is 503 g/mol. The fourth-order valence-electron chi connectivity index (χ4n) is 3.90. The fraction of sp³-hybridized carbons (Fsp3) is 0.469. The van der Waals surface area contributed by atoms with Gasteiger partial charge in [-0.2, -0.15) is 10.5 Å². The number of carbonyl (C=O) groups excluding carboxylic acids is 1. The lowest BCUT2D eigenvalue weighted by molar-refractivity contribution is -0.107. The summed E-state index contributed by atoms with van der Waals surface area (Å²) in [4.78, 5) is 10.4. The number of rotatable bonds is 18. The second-order valence-electron chi connectivity index (χ2n) is 9.25. The minimum Gasteiger partial charge on any atom is -0.497 e. The van der Waals surface area contributed by atoms with Crippen LogP contribution in [0.15, 0.2) is 64.8 Å². The van der Waals surface area contributed by atoms with E-state index in [-0.39, 0.29) is 0 Å². The molecule has 0 unspecified atom stereocenters. The summed E-state index contributed by atoms with van der Waals surface area (Å²) in [5.74, 6) is 1.48. The number of allylic oxidation sites excluding steroid dienone is 8. The van der Waals surface area contributed by atoms with Gasteiger partial charge in [0.1, 0.15) is 17.8 Å². The molecular weight excluding hydrogens is 460 g/mol. The first-order chi connectivity index (χ1) is 17.9. The molecule has 0 saturated carbocycles. The van der Waals surface area contributed by atoms with Gasteiger partial charge in [-0.1, -0.05) is 35.5 Å². The van der Waals surface area contributed by atoms with E-state index in [4.69, 9.17) is 9.47 Å². The molecule has 5 nitrogen and oxygen atoms in total. The maximum atomic E-state index is 10.4. The Kier molecular flexibility index (Phi) is 16.7. The molecule has 0 amide bonds. The van der Waals surface area contributed by atoms with E-state index in [1.54, 1.807) is 14.2 Å². The van der Waals surface area contributed by atoms with E-state index in [0.29, 0.717) is 19.3 Å². The zero-order valence-corrected chi connectivity index (χ0v) is 23.0. The number of ether oxygens (including phenoxy) is 2. The van der Waals surface area contributed by atoms with Gasteiger partial charge in [-0.05, 0) is 95.8 Å². The first-order valence-corrected chi connectivity index (χ1v) is 13.1. The van der Waals surface area contributed by atoms with Crippen molar-refractivity contribution in [2.45, 2.75) is 84.5 Å². The van der Waals surface area contributed by atoms with Crippen LogP contribution in [0.5, 0.6) is 11.5 Å². The Hall–Kier alpha value is -3.57. The Bertz CT molecular complexity index is 1030. The Morgan fingerprint density at radius 2 is 1.38 bits per heavy atom. The zero-order chi connectivity index (χ0) is 27.3. The fourth-order valence-corrected chi connectivity index (χ4v) is 3.90. The minimum atomic E-state index is 0.635. The summed E-state index contributed by atoms with van der Waals surface area (Å²) in [6.07, 6.45) is 18.6. The number of aldehydes is 1. The predicted molar refractivity (Wildman–Crippen MR) is 150 cm³/mol. The molecule has 37 heavy (non-hydrogen) atoms. The molecule has 0 atom stereocenters. The Labute approximate surface area is 223 Å². The SMILES string of the molecule is COc1cc(C/C=C(\C#N)CC/C=C(\C)CCC/C(C#N)=C\C/C=C(\C)CCCCC=O)cc(OC)c1. The molecule has 0 fully saturated rings. The number of hydrogen-bond donors (Lipinski definition) is 0. The summed E-state index contributed by atoms with van der Waals surface area (Å²) in [6, 6.07) is 10.4. The van der Waals surface area contributed by atoms with E-state index in [1.165, 1.54) is 11.1 Å². The summed E-state index contributed by atoms with van der Waals surface area (Å²) in [6.45, 7) is 4.22. The van der Waals surface area contributed by atoms with Gasteiger partial charge >= 0.3 is 0 Å². The number of hydrogen-bond acceptors (Lipinski definition) is 5. The second-order valence-corrected chi connectivity index (χ2v) is 9.25. The van der Waals surface area contributed by atoms with E-state index in [1.807, 2.05) is 30.4 Å². The van der Waals surface area contributed by atoms with Gasteiger partial charge in [-0.3, -0.25) is 0 Å². The van der Waals surface area contributed by atoms with Crippen LogP contribution in [-0.4, -0.2) is 20.5 Å². The monoisotopic (exact) mass is 502 g/mol. The van der Waals surface area contributed by atoms with Gasteiger partial charge < -0.3 is 14.3 Å². The number of nitriles is 2. The van der Waals surface area contributed by atoms with Crippen molar-refractivity contribution in [1.82, 2.24) is 0 Å². The van der Waals surface area contributed by atoms with Gasteiger partial charge in [-0.15, -0.1) is 0 Å². The van der Waals surface area contributed by atoms with Crippen molar-refractivity contribution >= 4 is 6.29 Å². The molecule has 0 saturated heterocycles. The number of unbranched alkanes of at least 4 members (excludes halogenated alkanes) is 2. The topological polar surface area (TPSA) is 83.1 Å². The molecule has 1 aromatic rings. The van der Waals surface area contributed by atoms with Gasteiger partial charge in [0.25, 0.3) is 0 Å². The van der Waals surface area contributed by atoms with E-state index in [2.05, 4.69) is 38.1 Å². The first-order valence-electron chi connectivity index (χ1n) is 13.1. The molecule has 5 heteroatoms. The standard InChI is InChI=1S/C32H42N2O3/c1-26(11-6-5-7-20-35)12-8-15-28(24-33)16-9-13-27(2)14-10-17-29(25-34)18-19-30-21-31(36-3)23-32(22-30)37-4/h12,14-15,18,20-23H,5-11,13,16-17,19H2,1-4H3/b26-12+,27-14+,28-15+,29-18-. The van der Waals surface area contributed by atoms with Gasteiger partial charge in [0, 0.05) is 23.6 Å². The molecule has 0 aliphatic rings. The first kappa shape index (κ1) is 31.5. The van der Waals surface area contributed by atoms with Crippen molar-refractivity contribution in [3.8, 4) is 23.6 Å². The minimum absolute atomic E-state index is 0.635. The highest BCUT2D eigenvalue weighted by atomic mass is 16.5. The number of methoxy groups -OCH3 is 2. The highest BCUT2D eigenvalue weighted by Gasteiger charge is 2.03. The zero-order valence-electron chi connectivity index (χ0n) is 23.0. The van der Waals surface area contributed by atoms with Crippen molar-refractivity contribution < 1.29 is 14.3 Å². The normalized spacial score (nSPS) is 12.6. The highest BCUT2D eigenvalue weighted by Crippen LogP contribution is 2.23. The molecule has 198 valence electrons. The third-order valence-electron chi connectivity index (χ3n) is 6.18. The number of benzene rings is 1. The molecule has 0 spiro atoms. The smallest absolute Gasteiger partial charge is 0.122 e. The Morgan fingerprint density at radius 3 is 2.00 bits per heavy atom. The number of carbonyl (C=O) groups is 1. The van der Waals surface area contributed by atoms with Gasteiger partial charge in [0.05, 0.1) is 26.4 Å². The summed E-state index contributed by atoms with van der Waals surface area (Å²) in [7, 11) is 3.25. The summed E-state index contributed by atoms with van der Waals surface area (Å²) < 4.78 is 10.6. The molecule has 0 aliphatic carbocycles. The van der Waals surface area contributed by atoms with Crippen molar-refractivity contribution in [3.05, 3.63) is 70.4 Å². The van der Waals surface area contributed by atoms with Crippen LogP contribution < -0.4 is 9.47 Å². The predicted octanol–water partition coefficient (Wildman–Crippen LogP) is 8.14. The molecule has 0 N–H and O–H groups in total. The quantitative estimate of drug-likeness (QED) is 0.0875. The van der Waals surface area contributed by atoms with Crippen LogP contribution in [-0.2, 0) is 11.2 Å². The van der Waals surface area contributed by atoms with Crippen molar-refractivity contribution in [1.29, 1.82) is 10.5 Å². The maximum Gasteiger partial charge on any atom is 0.122 e. The average Bonchev–Trinajstić information content (AvgIpc) is 2.91. The Morgan fingerprint density at radius 1 is 0.757 bits per heavy atom. The Balaban J connectivity index is 2.46. The van der Waals surface area contributed by atoms with Gasteiger partial charge in [0.2, 0.25) is 0 Å². The van der Waals surface area contributed by atoms with Crippen molar-refractivity contribution in [3.63, 3.8) is 0 Å². The van der Waals surface area contributed by atoms with Crippen molar-refractivity contribution in [2.24, 2.45) is 0 Å². The largest absolute Gasteiger partial charge is 0.497 e. The van der Waals surface area contributed by atoms with Crippen LogP contribution in [0.3, 0.4) is 0 Å².